The first-order valence-corrected chi connectivity index (χ1v) is 7.72. The van der Waals surface area contributed by atoms with E-state index in [1.165, 1.54) is 19.3 Å². The molecule has 1 aliphatic rings. The maximum atomic E-state index is 12.0. The summed E-state index contributed by atoms with van der Waals surface area (Å²) in [5.41, 5.74) is 0. The number of nitrogens with zero attached hydrogens (tertiary/aromatic N) is 1. The van der Waals surface area contributed by atoms with Crippen LogP contribution in [-0.4, -0.2) is 48.8 Å². The van der Waals surface area contributed by atoms with E-state index in [2.05, 4.69) is 18.7 Å². The highest BCUT2D eigenvalue weighted by molar-refractivity contribution is 5.85. The zero-order chi connectivity index (χ0) is 14.1. The maximum Gasteiger partial charge on any atom is 0.311 e. The second kappa shape index (κ2) is 11.4. The Bertz CT molecular complexity index is 254. The van der Waals surface area contributed by atoms with Crippen LogP contribution in [-0.2, 0) is 9.53 Å². The third-order valence-corrected chi connectivity index (χ3v) is 4.26. The molecule has 0 aromatic heterocycles. The molecular weight excluding hydrogens is 278 g/mol. The highest BCUT2D eigenvalue weighted by Gasteiger charge is 2.30. The molecule has 120 valence electrons. The number of halogens is 1. The Morgan fingerprint density at radius 3 is 2.35 bits per heavy atom. The van der Waals surface area contributed by atoms with Crippen molar-refractivity contribution in [3.8, 4) is 0 Å². The van der Waals surface area contributed by atoms with Crippen LogP contribution in [0.4, 0.5) is 0 Å². The SMILES string of the molecule is CCN(CC)CCOC(=O)C(CO)C1CCCCC1.Cl. The van der Waals surface area contributed by atoms with Gasteiger partial charge in [0.05, 0.1) is 12.5 Å². The Morgan fingerprint density at radius 2 is 1.85 bits per heavy atom. The van der Waals surface area contributed by atoms with Gasteiger partial charge in [0.2, 0.25) is 0 Å². The number of aliphatic hydroxyl groups is 1. The predicted molar refractivity (Wildman–Crippen MR) is 83.1 cm³/mol. The summed E-state index contributed by atoms with van der Waals surface area (Å²) in [7, 11) is 0. The van der Waals surface area contributed by atoms with Crippen LogP contribution in [0.3, 0.4) is 0 Å². The van der Waals surface area contributed by atoms with Gasteiger partial charge in [0.1, 0.15) is 6.61 Å². The van der Waals surface area contributed by atoms with Crippen molar-refractivity contribution in [1.29, 1.82) is 0 Å². The zero-order valence-corrected chi connectivity index (χ0v) is 13.7. The molecule has 0 spiro atoms. The number of carbonyl (C=O) groups is 1. The molecule has 1 atom stereocenters. The van der Waals surface area contributed by atoms with Crippen molar-refractivity contribution in [3.63, 3.8) is 0 Å². The number of likely N-dealkylation sites (N-methyl/N-ethyl adjacent to an activating group) is 1. The van der Waals surface area contributed by atoms with Crippen molar-refractivity contribution in [3.05, 3.63) is 0 Å². The van der Waals surface area contributed by atoms with Crippen molar-refractivity contribution >= 4 is 18.4 Å². The Balaban J connectivity index is 0.00000361. The van der Waals surface area contributed by atoms with Crippen molar-refractivity contribution in [1.82, 2.24) is 4.90 Å². The first kappa shape index (κ1) is 19.7. The van der Waals surface area contributed by atoms with Gasteiger partial charge in [0, 0.05) is 6.54 Å². The lowest BCUT2D eigenvalue weighted by Crippen LogP contribution is -2.33. The molecule has 0 amide bonds. The van der Waals surface area contributed by atoms with Crippen molar-refractivity contribution in [2.45, 2.75) is 46.0 Å². The number of hydrogen-bond donors (Lipinski definition) is 1. The fraction of sp³-hybridized carbons (Fsp3) is 0.933. The molecule has 4 nitrogen and oxygen atoms in total. The number of rotatable bonds is 8. The summed E-state index contributed by atoms with van der Waals surface area (Å²) in [6.45, 7) is 7.29. The highest BCUT2D eigenvalue weighted by Crippen LogP contribution is 2.30. The van der Waals surface area contributed by atoms with E-state index >= 15 is 0 Å². The third kappa shape index (κ3) is 6.42. The number of esters is 1. The summed E-state index contributed by atoms with van der Waals surface area (Å²) in [5.74, 6) is -0.196. The lowest BCUT2D eigenvalue weighted by atomic mass is 9.80. The minimum atomic E-state index is -0.308. The fourth-order valence-electron chi connectivity index (χ4n) is 2.87. The normalized spacial score (nSPS) is 17.6. The van der Waals surface area contributed by atoms with Crippen LogP contribution in [0.1, 0.15) is 46.0 Å². The van der Waals surface area contributed by atoms with E-state index in [1.807, 2.05) is 0 Å². The van der Waals surface area contributed by atoms with Crippen molar-refractivity contribution < 1.29 is 14.6 Å². The monoisotopic (exact) mass is 307 g/mol. The molecule has 1 fully saturated rings. The van der Waals surface area contributed by atoms with Crippen molar-refractivity contribution in [2.24, 2.45) is 11.8 Å². The van der Waals surface area contributed by atoms with Gasteiger partial charge in [0.15, 0.2) is 0 Å². The molecule has 0 aromatic rings. The van der Waals surface area contributed by atoms with E-state index in [1.54, 1.807) is 0 Å². The van der Waals surface area contributed by atoms with E-state index in [0.29, 0.717) is 12.5 Å². The Labute approximate surface area is 129 Å². The Kier molecular flexibility index (Phi) is 11.2. The topological polar surface area (TPSA) is 49.8 Å². The second-order valence-corrected chi connectivity index (χ2v) is 5.38. The van der Waals surface area contributed by atoms with Gasteiger partial charge in [-0.25, -0.2) is 0 Å². The standard InChI is InChI=1S/C15H29NO3.ClH/c1-3-16(4-2)10-11-19-15(18)14(12-17)13-8-6-5-7-9-13;/h13-14,17H,3-12H2,1-2H3;1H. The van der Waals surface area contributed by atoms with E-state index in [4.69, 9.17) is 4.74 Å². The zero-order valence-electron chi connectivity index (χ0n) is 12.8. The van der Waals surface area contributed by atoms with E-state index < -0.39 is 0 Å². The fourth-order valence-corrected chi connectivity index (χ4v) is 2.87. The largest absolute Gasteiger partial charge is 0.464 e. The minimum absolute atomic E-state index is 0. The van der Waals surface area contributed by atoms with Crippen LogP contribution < -0.4 is 0 Å². The van der Waals surface area contributed by atoms with Gasteiger partial charge in [-0.1, -0.05) is 33.1 Å². The Hall–Kier alpha value is -0.320. The van der Waals surface area contributed by atoms with Gasteiger partial charge in [0.25, 0.3) is 0 Å². The van der Waals surface area contributed by atoms with Crippen LogP contribution >= 0.6 is 12.4 Å². The molecule has 0 saturated heterocycles. The molecular formula is C15H30ClNO3. The molecule has 1 saturated carbocycles. The van der Waals surface area contributed by atoms with Gasteiger partial charge in [-0.2, -0.15) is 0 Å². The molecule has 0 aromatic carbocycles. The lowest BCUT2D eigenvalue weighted by molar-refractivity contribution is -0.153. The van der Waals surface area contributed by atoms with Gasteiger partial charge in [-0.15, -0.1) is 12.4 Å². The molecule has 0 bridgehead atoms. The van der Waals surface area contributed by atoms with Crippen LogP contribution in [0.2, 0.25) is 0 Å². The molecule has 1 N–H and O–H groups in total. The molecule has 0 aliphatic heterocycles. The second-order valence-electron chi connectivity index (χ2n) is 5.38. The highest BCUT2D eigenvalue weighted by atomic mass is 35.5. The number of carbonyl (C=O) groups excluding carboxylic acids is 1. The van der Waals surface area contributed by atoms with Gasteiger partial charge < -0.3 is 14.7 Å². The average Bonchev–Trinajstić information content (AvgIpc) is 2.45. The van der Waals surface area contributed by atoms with Gasteiger partial charge >= 0.3 is 5.97 Å². The molecule has 1 aliphatic carbocycles. The summed E-state index contributed by atoms with van der Waals surface area (Å²) >= 11 is 0. The predicted octanol–water partition coefficient (Wildman–Crippen LogP) is 2.48. The number of hydrogen-bond acceptors (Lipinski definition) is 4. The number of ether oxygens (including phenoxy) is 1. The lowest BCUT2D eigenvalue weighted by Gasteiger charge is -2.27. The molecule has 0 radical (unpaired) electrons. The summed E-state index contributed by atoms with van der Waals surface area (Å²) in [6, 6.07) is 0. The third-order valence-electron chi connectivity index (χ3n) is 4.26. The molecule has 1 unspecified atom stereocenters. The summed E-state index contributed by atoms with van der Waals surface area (Å²) < 4.78 is 5.34. The van der Waals surface area contributed by atoms with E-state index in [0.717, 1.165) is 32.5 Å². The first-order valence-electron chi connectivity index (χ1n) is 7.72. The molecule has 5 heteroatoms. The summed E-state index contributed by atoms with van der Waals surface area (Å²) in [5, 5.41) is 9.44. The summed E-state index contributed by atoms with van der Waals surface area (Å²) in [4.78, 5) is 14.3. The minimum Gasteiger partial charge on any atom is -0.464 e. The molecule has 0 heterocycles. The van der Waals surface area contributed by atoms with E-state index in [9.17, 15) is 9.90 Å². The first-order chi connectivity index (χ1) is 9.22. The molecule has 20 heavy (non-hydrogen) atoms. The average molecular weight is 308 g/mol. The van der Waals surface area contributed by atoms with Gasteiger partial charge in [-0.3, -0.25) is 4.79 Å². The molecule has 1 rings (SSSR count). The number of aliphatic hydroxyl groups excluding tert-OH is 1. The van der Waals surface area contributed by atoms with Crippen LogP contribution in [0.5, 0.6) is 0 Å². The van der Waals surface area contributed by atoms with Crippen LogP contribution in [0.15, 0.2) is 0 Å². The Morgan fingerprint density at radius 1 is 1.25 bits per heavy atom. The van der Waals surface area contributed by atoms with Gasteiger partial charge in [-0.05, 0) is 31.8 Å². The van der Waals surface area contributed by atoms with E-state index in [-0.39, 0.29) is 30.9 Å². The van der Waals surface area contributed by atoms with Crippen LogP contribution in [0.25, 0.3) is 0 Å². The van der Waals surface area contributed by atoms with Crippen molar-refractivity contribution in [2.75, 3.05) is 32.8 Å². The quantitative estimate of drug-likeness (QED) is 0.700. The smallest absolute Gasteiger partial charge is 0.311 e. The summed E-state index contributed by atoms with van der Waals surface area (Å²) in [6.07, 6.45) is 5.71. The maximum absolute atomic E-state index is 12.0. The van der Waals surface area contributed by atoms with Crippen LogP contribution in [0, 0.1) is 11.8 Å².